The zero-order valence-corrected chi connectivity index (χ0v) is 16.6. The van der Waals surface area contributed by atoms with Gasteiger partial charge in [0.2, 0.25) is 5.91 Å². The highest BCUT2D eigenvalue weighted by Crippen LogP contribution is 2.26. The summed E-state index contributed by atoms with van der Waals surface area (Å²) in [7, 11) is 1.62. The van der Waals surface area contributed by atoms with E-state index in [0.717, 1.165) is 10.6 Å². The summed E-state index contributed by atoms with van der Waals surface area (Å²) in [6, 6.07) is 10.5. The molecule has 27 heavy (non-hydrogen) atoms. The Hall–Kier alpha value is -2.49. The third kappa shape index (κ3) is 4.62. The van der Waals surface area contributed by atoms with Gasteiger partial charge in [0.25, 0.3) is 0 Å². The van der Waals surface area contributed by atoms with Gasteiger partial charge in [0.15, 0.2) is 10.6 Å². The first-order valence-electron chi connectivity index (χ1n) is 8.33. The normalized spacial score (nSPS) is 11.9. The Kier molecular flexibility index (Phi) is 6.38. The van der Waals surface area contributed by atoms with Gasteiger partial charge in [-0.15, -0.1) is 11.3 Å². The molecule has 3 aromatic rings. The van der Waals surface area contributed by atoms with Crippen molar-refractivity contribution >= 4 is 35.1 Å². The van der Waals surface area contributed by atoms with Crippen molar-refractivity contribution in [2.75, 3.05) is 25.6 Å². The molecule has 2 aromatic heterocycles. The maximum Gasteiger partial charge on any atom is 0.247 e. The molecule has 1 unspecified atom stereocenters. The number of benzene rings is 1. The first-order chi connectivity index (χ1) is 13.1. The summed E-state index contributed by atoms with van der Waals surface area (Å²) in [5, 5.41) is 11.9. The minimum absolute atomic E-state index is 0.182. The predicted octanol–water partition coefficient (Wildman–Crippen LogP) is 3.89. The Bertz CT molecular complexity index is 932. The van der Waals surface area contributed by atoms with E-state index in [2.05, 4.69) is 15.5 Å². The van der Waals surface area contributed by atoms with E-state index in [1.165, 1.54) is 0 Å². The zero-order valence-electron chi connectivity index (χ0n) is 15.0. The molecule has 0 aliphatic heterocycles. The highest BCUT2D eigenvalue weighted by molar-refractivity contribution is 7.71. The summed E-state index contributed by atoms with van der Waals surface area (Å²) >= 11 is 6.86. The van der Waals surface area contributed by atoms with Gasteiger partial charge in [0.1, 0.15) is 18.4 Å². The van der Waals surface area contributed by atoms with Crippen LogP contribution in [0.3, 0.4) is 0 Å². The van der Waals surface area contributed by atoms with Crippen LogP contribution in [0.25, 0.3) is 10.7 Å². The predicted molar refractivity (Wildman–Crippen MR) is 108 cm³/mol. The lowest BCUT2D eigenvalue weighted by Crippen LogP contribution is -2.24. The average Bonchev–Trinajstić information content (AvgIpc) is 3.32. The lowest BCUT2D eigenvalue weighted by Gasteiger charge is -2.15. The monoisotopic (exact) mass is 404 g/mol. The number of methoxy groups -OCH3 is 1. The number of carbonyl (C=O) groups is 1. The van der Waals surface area contributed by atoms with Crippen molar-refractivity contribution in [3.05, 3.63) is 46.5 Å². The maximum absolute atomic E-state index is 12.7. The Morgan fingerprint density at radius 2 is 2.11 bits per heavy atom. The molecule has 0 aliphatic rings. The van der Waals surface area contributed by atoms with Gasteiger partial charge in [-0.1, -0.05) is 6.07 Å². The number of aromatic nitrogens is 3. The number of rotatable bonds is 8. The number of nitrogens with zero attached hydrogens (tertiary/aromatic N) is 2. The second kappa shape index (κ2) is 8.94. The Balaban J connectivity index is 1.70. The van der Waals surface area contributed by atoms with Gasteiger partial charge in [-0.05, 0) is 54.9 Å². The minimum atomic E-state index is -0.522. The summed E-state index contributed by atoms with van der Waals surface area (Å²) in [6.45, 7) is 2.79. The van der Waals surface area contributed by atoms with E-state index in [9.17, 15) is 4.79 Å². The van der Waals surface area contributed by atoms with Crippen molar-refractivity contribution in [3.8, 4) is 16.5 Å². The van der Waals surface area contributed by atoms with E-state index in [-0.39, 0.29) is 5.91 Å². The van der Waals surface area contributed by atoms with Gasteiger partial charge in [0, 0.05) is 12.8 Å². The van der Waals surface area contributed by atoms with Gasteiger partial charge >= 0.3 is 0 Å². The van der Waals surface area contributed by atoms with Crippen LogP contribution in [-0.2, 0) is 9.53 Å². The lowest BCUT2D eigenvalue weighted by molar-refractivity contribution is -0.118. The van der Waals surface area contributed by atoms with E-state index in [4.69, 9.17) is 21.7 Å². The van der Waals surface area contributed by atoms with Crippen molar-refractivity contribution in [1.29, 1.82) is 0 Å². The van der Waals surface area contributed by atoms with Gasteiger partial charge in [0.05, 0.1) is 11.5 Å². The van der Waals surface area contributed by atoms with Gasteiger partial charge < -0.3 is 14.8 Å². The third-order valence-electron chi connectivity index (χ3n) is 3.89. The molecule has 1 atom stereocenters. The molecule has 0 bridgehead atoms. The molecule has 0 aliphatic carbocycles. The SMILES string of the molecule is COCCOc1ccc(NC(=O)C(C)n2c(-c3cccs3)n[nH]c2=S)cc1. The lowest BCUT2D eigenvalue weighted by atomic mass is 10.2. The van der Waals surface area contributed by atoms with Crippen LogP contribution in [0.15, 0.2) is 41.8 Å². The van der Waals surface area contributed by atoms with Crippen molar-refractivity contribution < 1.29 is 14.3 Å². The molecule has 0 fully saturated rings. The second-order valence-corrected chi connectivity index (χ2v) is 7.06. The van der Waals surface area contributed by atoms with Crippen LogP contribution in [0.1, 0.15) is 13.0 Å². The topological polar surface area (TPSA) is 81.2 Å². The Morgan fingerprint density at radius 1 is 1.33 bits per heavy atom. The number of amides is 1. The summed E-state index contributed by atoms with van der Waals surface area (Å²) in [4.78, 5) is 13.7. The summed E-state index contributed by atoms with van der Waals surface area (Å²) < 4.78 is 12.6. The summed E-state index contributed by atoms with van der Waals surface area (Å²) in [6.07, 6.45) is 0. The number of anilines is 1. The van der Waals surface area contributed by atoms with Crippen LogP contribution in [0.2, 0.25) is 0 Å². The van der Waals surface area contributed by atoms with Crippen LogP contribution in [0.5, 0.6) is 5.75 Å². The molecule has 0 radical (unpaired) electrons. The molecule has 9 heteroatoms. The Morgan fingerprint density at radius 3 is 2.78 bits per heavy atom. The molecule has 1 amide bonds. The minimum Gasteiger partial charge on any atom is -0.491 e. The molecule has 2 heterocycles. The van der Waals surface area contributed by atoms with E-state index >= 15 is 0 Å². The van der Waals surface area contributed by atoms with Crippen LogP contribution >= 0.6 is 23.6 Å². The second-order valence-electron chi connectivity index (χ2n) is 5.73. The number of hydrogen-bond donors (Lipinski definition) is 2. The van der Waals surface area contributed by atoms with Crippen LogP contribution in [-0.4, -0.2) is 41.0 Å². The van der Waals surface area contributed by atoms with Gasteiger partial charge in [-0.2, -0.15) is 5.10 Å². The highest BCUT2D eigenvalue weighted by Gasteiger charge is 2.21. The van der Waals surface area contributed by atoms with Crippen LogP contribution < -0.4 is 10.1 Å². The quantitative estimate of drug-likeness (QED) is 0.440. The summed E-state index contributed by atoms with van der Waals surface area (Å²) in [5.74, 6) is 1.19. The molecule has 0 saturated carbocycles. The van der Waals surface area contributed by atoms with Crippen molar-refractivity contribution in [1.82, 2.24) is 14.8 Å². The van der Waals surface area contributed by atoms with E-state index < -0.39 is 6.04 Å². The number of carbonyl (C=O) groups excluding carboxylic acids is 1. The molecule has 7 nitrogen and oxygen atoms in total. The van der Waals surface area contributed by atoms with Crippen LogP contribution in [0, 0.1) is 4.77 Å². The zero-order chi connectivity index (χ0) is 19.2. The number of thiophene rings is 1. The van der Waals surface area contributed by atoms with E-state index in [1.807, 2.05) is 17.5 Å². The van der Waals surface area contributed by atoms with Gasteiger partial charge in [-0.25, -0.2) is 0 Å². The number of nitrogens with one attached hydrogen (secondary N) is 2. The summed E-state index contributed by atoms with van der Waals surface area (Å²) in [5.41, 5.74) is 0.679. The number of H-pyrrole nitrogens is 1. The Labute approximate surface area is 165 Å². The standard InChI is InChI=1S/C18H20N4O3S2/c1-12(22-16(20-21-18(22)26)15-4-3-11-27-15)17(23)19-13-5-7-14(8-6-13)25-10-9-24-2/h3-8,11-12H,9-10H2,1-2H3,(H,19,23)(H,21,26). The number of aromatic amines is 1. The molecule has 2 N–H and O–H groups in total. The fourth-order valence-corrected chi connectivity index (χ4v) is 3.49. The molecule has 0 spiro atoms. The fourth-order valence-electron chi connectivity index (χ4n) is 2.48. The molecular weight excluding hydrogens is 384 g/mol. The van der Waals surface area contributed by atoms with E-state index in [1.54, 1.807) is 54.2 Å². The molecular formula is C18H20N4O3S2. The first kappa shape index (κ1) is 19.3. The van der Waals surface area contributed by atoms with Crippen molar-refractivity contribution in [3.63, 3.8) is 0 Å². The first-order valence-corrected chi connectivity index (χ1v) is 9.62. The van der Waals surface area contributed by atoms with E-state index in [0.29, 0.717) is 29.5 Å². The highest BCUT2D eigenvalue weighted by atomic mass is 32.1. The smallest absolute Gasteiger partial charge is 0.247 e. The number of ether oxygens (including phenoxy) is 2. The molecule has 1 aromatic carbocycles. The fraction of sp³-hybridized carbons (Fsp3) is 0.278. The number of hydrogen-bond acceptors (Lipinski definition) is 6. The molecule has 142 valence electrons. The van der Waals surface area contributed by atoms with Gasteiger partial charge in [-0.3, -0.25) is 14.5 Å². The molecule has 3 rings (SSSR count). The average molecular weight is 405 g/mol. The van der Waals surface area contributed by atoms with Crippen molar-refractivity contribution in [2.24, 2.45) is 0 Å². The largest absolute Gasteiger partial charge is 0.491 e. The van der Waals surface area contributed by atoms with Crippen LogP contribution in [0.4, 0.5) is 5.69 Å². The molecule has 0 saturated heterocycles. The third-order valence-corrected chi connectivity index (χ3v) is 5.04. The maximum atomic E-state index is 12.7. The van der Waals surface area contributed by atoms with Crippen molar-refractivity contribution in [2.45, 2.75) is 13.0 Å².